The maximum atomic E-state index is 14.5. The van der Waals surface area contributed by atoms with Crippen molar-refractivity contribution in [3.8, 4) is 0 Å². The minimum absolute atomic E-state index is 0.0939. The van der Waals surface area contributed by atoms with Crippen LogP contribution >= 0.6 is 0 Å². The monoisotopic (exact) mass is 966 g/mol. The molecule has 65 heavy (non-hydrogen) atoms. The van der Waals surface area contributed by atoms with E-state index in [9.17, 15) is 32.7 Å². The Labute approximate surface area is 382 Å². The lowest BCUT2D eigenvalue weighted by Gasteiger charge is -2.43. The quantitative estimate of drug-likeness (QED) is 0.0489. The third-order valence-electron chi connectivity index (χ3n) is 14.0. The summed E-state index contributed by atoms with van der Waals surface area (Å²) in [6.45, 7) is 23.5. The van der Waals surface area contributed by atoms with Crippen molar-refractivity contribution in [1.82, 2.24) is 18.3 Å². The van der Waals surface area contributed by atoms with E-state index < -0.39 is 91.7 Å². The number of aliphatic hydroxyl groups excluding tert-OH is 1. The third kappa shape index (κ3) is 10.7. The smallest absolute Gasteiger partial charge is 0.333 e. The standard InChI is InChI=1S/C42H70N8O12SSi2/c1-27-22-49(33-21-29(45-46-44)30(24-51)59-33)38(54)47(35(27)52)19-17-15-13-14-16-18-20-48-36(53)28(2)23-50(39(48)55)37-34(61-65(11,12)41(6,7)8)42(31(43)26-63(56,57)62-42)32(60-37)25-58-64(9,10)40(3,4)5/h22-23,26,29-30,32-34,37,51H,13-21,24-25,43H2,1-12H3. The van der Waals surface area contributed by atoms with Crippen molar-refractivity contribution in [3.05, 3.63) is 86.7 Å². The molecular formula is C42H70N8O12SSi2. The molecule has 1 spiro atoms. The molecule has 0 aliphatic carbocycles. The molecule has 23 heteroatoms. The number of hydrogen-bond donors (Lipinski definition) is 2. The maximum Gasteiger partial charge on any atom is 0.333 e. The minimum Gasteiger partial charge on any atom is -0.414 e. The molecular weight excluding hydrogens is 897 g/mol. The summed E-state index contributed by atoms with van der Waals surface area (Å²) in [5, 5.41) is 13.7. The molecule has 3 aliphatic rings. The maximum absolute atomic E-state index is 14.5. The highest BCUT2D eigenvalue weighted by Gasteiger charge is 2.67. The van der Waals surface area contributed by atoms with Gasteiger partial charge in [0.15, 0.2) is 28.5 Å². The van der Waals surface area contributed by atoms with Crippen LogP contribution in [0.2, 0.25) is 36.3 Å². The van der Waals surface area contributed by atoms with E-state index >= 15 is 0 Å². The fraction of sp³-hybridized carbons (Fsp3) is 0.762. The van der Waals surface area contributed by atoms with Gasteiger partial charge in [0, 0.05) is 47.9 Å². The second-order valence-corrected chi connectivity index (χ2v) is 31.6. The molecule has 0 bridgehead atoms. The Morgan fingerprint density at radius 3 is 1.85 bits per heavy atom. The van der Waals surface area contributed by atoms with E-state index in [4.69, 9.17) is 33.8 Å². The lowest BCUT2D eigenvalue weighted by Crippen LogP contribution is -2.59. The Hall–Kier alpha value is -3.65. The van der Waals surface area contributed by atoms with Crippen LogP contribution in [0.3, 0.4) is 0 Å². The van der Waals surface area contributed by atoms with Crippen molar-refractivity contribution in [2.75, 3.05) is 13.2 Å². The van der Waals surface area contributed by atoms with Crippen molar-refractivity contribution in [3.63, 3.8) is 0 Å². The van der Waals surface area contributed by atoms with Gasteiger partial charge in [-0.15, -0.1) is 0 Å². The number of rotatable bonds is 18. The molecule has 0 saturated carbocycles. The van der Waals surface area contributed by atoms with Crippen molar-refractivity contribution in [1.29, 1.82) is 0 Å². The van der Waals surface area contributed by atoms with Gasteiger partial charge in [-0.25, -0.2) is 13.8 Å². The lowest BCUT2D eigenvalue weighted by atomic mass is 9.89. The molecule has 2 aromatic rings. The number of aromatic nitrogens is 4. The van der Waals surface area contributed by atoms with Gasteiger partial charge in [-0.2, -0.15) is 8.42 Å². The van der Waals surface area contributed by atoms with Crippen LogP contribution in [-0.2, 0) is 45.7 Å². The Morgan fingerprint density at radius 1 is 0.862 bits per heavy atom. The average molecular weight is 967 g/mol. The summed E-state index contributed by atoms with van der Waals surface area (Å²) in [4.78, 5) is 57.3. The molecule has 2 aromatic heterocycles. The van der Waals surface area contributed by atoms with E-state index in [0.29, 0.717) is 31.2 Å². The normalized spacial score (nSPS) is 25.9. The van der Waals surface area contributed by atoms with E-state index in [1.165, 1.54) is 30.7 Å². The molecule has 0 amide bonds. The third-order valence-corrected chi connectivity index (χ3v) is 24.0. The highest BCUT2D eigenvalue weighted by molar-refractivity contribution is 7.90. The highest BCUT2D eigenvalue weighted by atomic mass is 32.2. The van der Waals surface area contributed by atoms with Crippen LogP contribution in [0.4, 0.5) is 0 Å². The molecule has 2 saturated heterocycles. The van der Waals surface area contributed by atoms with Crippen LogP contribution < -0.4 is 28.2 Å². The Kier molecular flexibility index (Phi) is 15.7. The molecule has 0 aromatic carbocycles. The topological polar surface area (TPSA) is 263 Å². The van der Waals surface area contributed by atoms with Crippen molar-refractivity contribution in [2.24, 2.45) is 10.8 Å². The van der Waals surface area contributed by atoms with Gasteiger partial charge in [0.2, 0.25) is 0 Å². The minimum atomic E-state index is -4.29. The Bertz CT molecular complexity index is 2520. The fourth-order valence-electron chi connectivity index (χ4n) is 8.00. The lowest BCUT2D eigenvalue weighted by molar-refractivity contribution is -0.0567. The summed E-state index contributed by atoms with van der Waals surface area (Å²) in [6, 6.07) is -0.653. The second-order valence-electron chi connectivity index (χ2n) is 20.7. The zero-order valence-electron chi connectivity index (χ0n) is 40.0. The molecule has 3 aliphatic heterocycles. The summed E-state index contributed by atoms with van der Waals surface area (Å²) in [5.41, 5.74) is 12.1. The number of aryl methyl sites for hydroxylation is 2. The molecule has 20 nitrogen and oxygen atoms in total. The summed E-state index contributed by atoms with van der Waals surface area (Å²) >= 11 is 0. The predicted octanol–water partition coefficient (Wildman–Crippen LogP) is 5.16. The molecule has 3 N–H and O–H groups in total. The highest BCUT2D eigenvalue weighted by Crippen LogP contribution is 2.52. The first-order valence-corrected chi connectivity index (χ1v) is 29.7. The van der Waals surface area contributed by atoms with E-state index in [0.717, 1.165) is 18.2 Å². The molecule has 5 heterocycles. The Balaban J connectivity index is 1.32. The number of unbranched alkanes of at least 4 members (excludes halogenated alkanes) is 5. The van der Waals surface area contributed by atoms with Gasteiger partial charge in [0.1, 0.15) is 18.4 Å². The van der Waals surface area contributed by atoms with Gasteiger partial charge < -0.3 is 29.2 Å². The van der Waals surface area contributed by atoms with Crippen molar-refractivity contribution < 1.29 is 36.0 Å². The predicted molar refractivity (Wildman–Crippen MR) is 250 cm³/mol. The summed E-state index contributed by atoms with van der Waals surface area (Å²) < 4.78 is 63.5. The number of aliphatic hydroxyl groups is 1. The van der Waals surface area contributed by atoms with Crippen molar-refractivity contribution in [2.45, 2.75) is 192 Å². The molecule has 7 unspecified atom stereocenters. The molecule has 364 valence electrons. The van der Waals surface area contributed by atoms with Crippen LogP contribution in [0.5, 0.6) is 0 Å². The average Bonchev–Trinajstić information content (AvgIpc) is 3.82. The van der Waals surface area contributed by atoms with Crippen LogP contribution in [0.25, 0.3) is 10.4 Å². The number of hydrogen-bond acceptors (Lipinski definition) is 14. The zero-order chi connectivity index (χ0) is 48.7. The fourth-order valence-corrected chi connectivity index (χ4v) is 11.5. The van der Waals surface area contributed by atoms with E-state index in [1.807, 2.05) is 33.9 Å². The van der Waals surface area contributed by atoms with E-state index in [2.05, 4.69) is 43.9 Å². The van der Waals surface area contributed by atoms with Gasteiger partial charge in [-0.05, 0) is 68.5 Å². The molecule has 5 rings (SSSR count). The Morgan fingerprint density at radius 2 is 1.37 bits per heavy atom. The SMILES string of the molecule is Cc1cn(C2CC(N=[N+]=[N-])C(CO)O2)c(=O)n(CCCCCCCCn2c(=O)c(C)cn(C3OC(CO[Si](C)(C)C(C)(C)C)C4(OS(=O)(=O)C=C4N)C3O[Si](C)(C)C(C)(C)C)c2=O)c1=O. The summed E-state index contributed by atoms with van der Waals surface area (Å²) in [5.74, 6) is 0. The first-order valence-electron chi connectivity index (χ1n) is 22.4. The van der Waals surface area contributed by atoms with Crippen molar-refractivity contribution >= 4 is 26.8 Å². The molecule has 2 fully saturated rings. The van der Waals surface area contributed by atoms with Crippen LogP contribution in [0.15, 0.2) is 47.8 Å². The number of ether oxygens (including phenoxy) is 2. The van der Waals surface area contributed by atoms with Gasteiger partial charge in [0.05, 0.1) is 36.5 Å². The van der Waals surface area contributed by atoms with Gasteiger partial charge in [0.25, 0.3) is 21.2 Å². The van der Waals surface area contributed by atoms with Crippen LogP contribution in [0.1, 0.15) is 110 Å². The number of azide groups is 1. The summed E-state index contributed by atoms with van der Waals surface area (Å²) in [6.07, 6.45) is 1.81. The second kappa shape index (κ2) is 19.5. The first kappa shape index (κ1) is 52.3. The van der Waals surface area contributed by atoms with Crippen LogP contribution in [0, 0.1) is 13.8 Å². The molecule has 7 atom stereocenters. The van der Waals surface area contributed by atoms with E-state index in [1.54, 1.807) is 13.8 Å². The van der Waals surface area contributed by atoms with Gasteiger partial charge in [-0.3, -0.25) is 27.9 Å². The summed E-state index contributed by atoms with van der Waals surface area (Å²) in [7, 11) is -9.52. The number of nitrogens with zero attached hydrogens (tertiary/aromatic N) is 7. The largest absolute Gasteiger partial charge is 0.414 e. The van der Waals surface area contributed by atoms with Crippen LogP contribution in [-0.4, -0.2) is 91.6 Å². The first-order chi connectivity index (χ1) is 30.0. The van der Waals surface area contributed by atoms with E-state index in [-0.39, 0.29) is 54.1 Å². The van der Waals surface area contributed by atoms with Gasteiger partial charge in [-0.1, -0.05) is 72.3 Å². The zero-order valence-corrected chi connectivity index (χ0v) is 42.8. The molecule has 0 radical (unpaired) electrons. The number of nitrogens with two attached hydrogens (primary N) is 1. The van der Waals surface area contributed by atoms with Gasteiger partial charge >= 0.3 is 11.4 Å².